The number of pyridine rings is 1. The molecule has 6 nitrogen and oxygen atoms in total. The summed E-state index contributed by atoms with van der Waals surface area (Å²) in [4.78, 5) is 24.7. The normalized spacial score (nSPS) is 10.6. The maximum absolute atomic E-state index is 11.5. The van der Waals surface area contributed by atoms with Crippen LogP contribution in [0.4, 0.5) is 17.3 Å². The maximum Gasteiger partial charge on any atom is 0.227 e. The van der Waals surface area contributed by atoms with Gasteiger partial charge < -0.3 is 10.6 Å². The molecule has 0 aliphatic heterocycles. The average Bonchev–Trinajstić information content (AvgIpc) is 2.68. The number of benzene rings is 2. The molecule has 2 heterocycles. The van der Waals surface area contributed by atoms with Crippen LogP contribution in [-0.4, -0.2) is 28.7 Å². The fraction of sp³-hybridized carbons (Fsp3) is 0.0476. The molecule has 2 aromatic carbocycles. The van der Waals surface area contributed by atoms with E-state index >= 15 is 0 Å². The van der Waals surface area contributed by atoms with E-state index in [9.17, 15) is 4.79 Å². The summed E-state index contributed by atoms with van der Waals surface area (Å²) in [6.45, 7) is 1.48. The Morgan fingerprint density at radius 3 is 2.64 bits per heavy atom. The first-order valence-electron chi connectivity index (χ1n) is 8.90. The Bertz CT molecular complexity index is 1160. The molecule has 7 heteroatoms. The van der Waals surface area contributed by atoms with Gasteiger partial charge in [-0.2, -0.15) is 0 Å². The summed E-state index contributed by atoms with van der Waals surface area (Å²) < 4.78 is 0. The number of fused-ring (bicyclic) bond motifs is 1. The van der Waals surface area contributed by atoms with Crippen LogP contribution in [0.15, 0.2) is 67.1 Å². The second-order valence-electron chi connectivity index (χ2n) is 6.60. The lowest BCUT2D eigenvalue weighted by atomic mass is 9.95. The van der Waals surface area contributed by atoms with Gasteiger partial charge in [0.2, 0.25) is 11.9 Å². The monoisotopic (exact) mass is 367 g/mol. The molecule has 0 saturated heterocycles. The number of nitrogens with one attached hydrogen (secondary N) is 2. The second-order valence-corrected chi connectivity index (χ2v) is 6.60. The Hall–Kier alpha value is -3.74. The van der Waals surface area contributed by atoms with Crippen LogP contribution >= 0.6 is 0 Å². The van der Waals surface area contributed by atoms with Crippen molar-refractivity contribution in [1.29, 1.82) is 0 Å². The van der Waals surface area contributed by atoms with E-state index in [1.807, 2.05) is 50.3 Å². The number of nitrogens with zero attached hydrogens (tertiary/aromatic N) is 3. The topological polar surface area (TPSA) is 79.8 Å². The Kier molecular flexibility index (Phi) is 4.72. The highest BCUT2D eigenvalue weighted by Crippen LogP contribution is 2.28. The minimum Gasteiger partial charge on any atom is -0.326 e. The molecular weight excluding hydrogens is 349 g/mol. The Morgan fingerprint density at radius 2 is 1.86 bits per heavy atom. The van der Waals surface area contributed by atoms with Gasteiger partial charge in [0.25, 0.3) is 0 Å². The predicted octanol–water partition coefficient (Wildman–Crippen LogP) is 2.65. The molecule has 0 radical (unpaired) electrons. The van der Waals surface area contributed by atoms with Gasteiger partial charge in [-0.3, -0.25) is 9.78 Å². The van der Waals surface area contributed by atoms with E-state index < -0.39 is 0 Å². The Balaban J connectivity index is 1.72. The summed E-state index contributed by atoms with van der Waals surface area (Å²) in [5.41, 5.74) is 5.38. The molecule has 0 atom stereocenters. The first-order valence-corrected chi connectivity index (χ1v) is 8.90. The first kappa shape index (κ1) is 17.7. The van der Waals surface area contributed by atoms with Crippen molar-refractivity contribution < 1.29 is 4.79 Å². The third kappa shape index (κ3) is 3.98. The van der Waals surface area contributed by atoms with Gasteiger partial charge in [0, 0.05) is 47.8 Å². The Morgan fingerprint density at radius 1 is 1.00 bits per heavy atom. The molecule has 136 valence electrons. The van der Waals surface area contributed by atoms with E-state index in [-0.39, 0.29) is 5.91 Å². The molecule has 2 N–H and O–H groups in total. The van der Waals surface area contributed by atoms with Crippen LogP contribution in [0.5, 0.6) is 0 Å². The smallest absolute Gasteiger partial charge is 0.227 e. The molecule has 4 aromatic rings. The van der Waals surface area contributed by atoms with E-state index in [1.165, 1.54) is 12.4 Å². The lowest BCUT2D eigenvalue weighted by Crippen LogP contribution is -2.07. The zero-order chi connectivity index (χ0) is 19.5. The number of aromatic nitrogens is 3. The largest absolute Gasteiger partial charge is 0.326 e. The minimum absolute atomic E-state index is 0.133. The highest BCUT2D eigenvalue weighted by atomic mass is 16.1. The molecule has 0 aliphatic carbocycles. The number of hydrogen-bond donors (Lipinski definition) is 2. The second kappa shape index (κ2) is 7.48. The summed E-state index contributed by atoms with van der Waals surface area (Å²) >= 11 is 0. The molecule has 0 spiro atoms. The molecule has 0 saturated carbocycles. The summed E-state index contributed by atoms with van der Waals surface area (Å²) in [7, 11) is 2.04. The van der Waals surface area contributed by atoms with Crippen molar-refractivity contribution in [3.05, 3.63) is 67.1 Å². The highest BCUT2D eigenvalue weighted by Gasteiger charge is 2.07. The van der Waals surface area contributed by atoms with E-state index in [1.54, 1.807) is 18.6 Å². The quantitative estimate of drug-likeness (QED) is 0.542. The van der Waals surface area contributed by atoms with Gasteiger partial charge in [-0.1, -0.05) is 23.7 Å². The van der Waals surface area contributed by atoms with Crippen molar-refractivity contribution in [2.75, 3.05) is 10.6 Å². The average molecular weight is 367 g/mol. The van der Waals surface area contributed by atoms with Crippen LogP contribution in [-0.2, 0) is 4.79 Å². The van der Waals surface area contributed by atoms with Gasteiger partial charge >= 0.3 is 0 Å². The van der Waals surface area contributed by atoms with E-state index in [4.69, 9.17) is 0 Å². The van der Waals surface area contributed by atoms with Crippen LogP contribution in [0.25, 0.3) is 22.0 Å². The number of anilines is 3. The molecule has 4 rings (SSSR count). The lowest BCUT2D eigenvalue weighted by molar-refractivity contribution is -0.114. The van der Waals surface area contributed by atoms with Crippen LogP contribution in [0.2, 0.25) is 0 Å². The summed E-state index contributed by atoms with van der Waals surface area (Å²) in [5.74, 6) is 0.361. The van der Waals surface area contributed by atoms with Gasteiger partial charge in [0.05, 0.1) is 5.52 Å². The zero-order valence-electron chi connectivity index (χ0n) is 15.6. The van der Waals surface area contributed by atoms with Crippen molar-refractivity contribution in [3.63, 3.8) is 0 Å². The van der Waals surface area contributed by atoms with Crippen molar-refractivity contribution in [2.45, 2.75) is 6.92 Å². The summed E-state index contributed by atoms with van der Waals surface area (Å²) in [6, 6.07) is 15.6. The predicted molar refractivity (Wildman–Crippen MR) is 115 cm³/mol. The van der Waals surface area contributed by atoms with Gasteiger partial charge in [-0.05, 0) is 35.9 Å². The van der Waals surface area contributed by atoms with Gasteiger partial charge in [0.15, 0.2) is 0 Å². The molecule has 0 unspecified atom stereocenters. The van der Waals surface area contributed by atoms with Crippen molar-refractivity contribution in [1.82, 2.24) is 15.0 Å². The summed E-state index contributed by atoms with van der Waals surface area (Å²) in [6.07, 6.45) is 5.31. The molecule has 1 amide bonds. The van der Waals surface area contributed by atoms with E-state index in [0.717, 1.165) is 27.7 Å². The van der Waals surface area contributed by atoms with E-state index in [2.05, 4.69) is 31.7 Å². The third-order valence-corrected chi connectivity index (χ3v) is 4.24. The van der Waals surface area contributed by atoms with Crippen LogP contribution in [0.3, 0.4) is 0 Å². The Labute approximate surface area is 163 Å². The lowest BCUT2D eigenvalue weighted by Gasteiger charge is -2.12. The summed E-state index contributed by atoms with van der Waals surface area (Å²) in [5, 5.41) is 7.07. The highest BCUT2D eigenvalue weighted by molar-refractivity contribution is 6.33. The molecule has 28 heavy (non-hydrogen) atoms. The van der Waals surface area contributed by atoms with Gasteiger partial charge in [-0.25, -0.2) is 9.97 Å². The van der Waals surface area contributed by atoms with Crippen LogP contribution in [0.1, 0.15) is 6.92 Å². The van der Waals surface area contributed by atoms with E-state index in [0.29, 0.717) is 11.6 Å². The number of carbonyl (C=O) groups excluding carboxylic acids is 1. The van der Waals surface area contributed by atoms with Crippen LogP contribution < -0.4 is 16.1 Å². The molecular formula is C21H18BN5O. The zero-order valence-corrected chi connectivity index (χ0v) is 15.6. The number of carbonyl (C=O) groups is 1. The SMILES string of the molecule is Bc1ccc2nc(Nc3cc(NC(C)=O)cc(-c4cccnc4)c3)ncc2c1. The molecule has 0 fully saturated rings. The minimum atomic E-state index is -0.133. The van der Waals surface area contributed by atoms with Crippen molar-refractivity contribution in [3.8, 4) is 11.1 Å². The third-order valence-electron chi connectivity index (χ3n) is 4.24. The number of amides is 1. The fourth-order valence-corrected chi connectivity index (χ4v) is 3.02. The first-order chi connectivity index (χ1) is 13.6. The number of hydrogen-bond acceptors (Lipinski definition) is 5. The van der Waals surface area contributed by atoms with Gasteiger partial charge in [0.1, 0.15) is 7.85 Å². The standard InChI is InChI=1S/C21H18BN5O/c1-13(28)25-18-8-15(14-3-2-6-23-11-14)9-19(10-18)26-21-24-12-16-7-17(22)4-5-20(16)27-21/h2-12H,22H2,1H3,(H,25,28)(H,24,26,27). The number of rotatable bonds is 4. The fourth-order valence-electron chi connectivity index (χ4n) is 3.02. The van der Waals surface area contributed by atoms with Crippen molar-refractivity contribution in [2.24, 2.45) is 0 Å². The van der Waals surface area contributed by atoms with Crippen molar-refractivity contribution >= 4 is 47.4 Å². The van der Waals surface area contributed by atoms with Crippen LogP contribution in [0, 0.1) is 0 Å². The molecule has 0 aliphatic rings. The molecule has 2 aromatic heterocycles. The maximum atomic E-state index is 11.5. The van der Waals surface area contributed by atoms with Gasteiger partial charge in [-0.15, -0.1) is 0 Å². The molecule has 0 bridgehead atoms.